The Balaban J connectivity index is 0. The predicted octanol–water partition coefficient (Wildman–Crippen LogP) is 0.0594. The van der Waals surface area contributed by atoms with Crippen LogP contribution in [0.4, 0.5) is 0 Å². The molecule has 0 saturated heterocycles. The van der Waals surface area contributed by atoms with E-state index in [9.17, 15) is 9.59 Å². The Morgan fingerprint density at radius 1 is 1.33 bits per heavy atom. The molecule has 0 aromatic carbocycles. The van der Waals surface area contributed by atoms with Crippen molar-refractivity contribution in [3.8, 4) is 0 Å². The number of hydrogen-bond donors (Lipinski definition) is 1. The minimum atomic E-state index is -0.916. The molecule has 3 nitrogen and oxygen atoms in total. The number of carboxylic acid groups (broad SMARTS) is 1. The first-order chi connectivity index (χ1) is 3.63. The number of carbonyl (C=O) groups is 2. The molecule has 0 atom stereocenters. The molecule has 48 valence electrons. The molecule has 0 aromatic heterocycles. The molecule has 0 aromatic rings. The van der Waals surface area contributed by atoms with Crippen LogP contribution in [0.3, 0.4) is 0 Å². The number of carboxylic acids is 1. The van der Waals surface area contributed by atoms with E-state index in [0.717, 1.165) is 0 Å². The molecule has 0 unspecified atom stereocenters. The maximum atomic E-state index is 10.1. The van der Waals surface area contributed by atoms with Crippen molar-refractivity contribution < 1.29 is 14.7 Å². The van der Waals surface area contributed by atoms with Crippen LogP contribution in [-0.2, 0) is 9.59 Å². The fourth-order valence-electron chi connectivity index (χ4n) is 0.283. The quantitative estimate of drug-likeness (QED) is 0.588. The van der Waals surface area contributed by atoms with Crippen LogP contribution in [0.25, 0.3) is 0 Å². The van der Waals surface area contributed by atoms with Gasteiger partial charge in [-0.05, 0) is 6.92 Å². The third-order valence-electron chi connectivity index (χ3n) is 0.691. The van der Waals surface area contributed by atoms with Crippen molar-refractivity contribution in [2.75, 3.05) is 0 Å². The summed E-state index contributed by atoms with van der Waals surface area (Å²) in [5.74, 6) is -0.993. The number of ketones is 1. The van der Waals surface area contributed by atoms with Crippen LogP contribution < -0.4 is 0 Å². The zero-order valence-corrected chi connectivity index (χ0v) is 7.59. The van der Waals surface area contributed by atoms with E-state index < -0.39 is 5.97 Å². The smallest absolute Gasteiger partial charge is 0.303 e. The van der Waals surface area contributed by atoms with Gasteiger partial charge in [-0.2, -0.15) is 0 Å². The van der Waals surface area contributed by atoms with Gasteiger partial charge >= 0.3 is 5.97 Å². The van der Waals surface area contributed by atoms with Crippen LogP contribution in [0.15, 0.2) is 0 Å². The standard InChI is InChI=1S/C5H8O3.Ca/c1-4(6)2-3-5(7)8;/h2-3H2,1H3,(H,7,8);. The van der Waals surface area contributed by atoms with Crippen molar-refractivity contribution >= 4 is 49.5 Å². The zero-order valence-electron chi connectivity index (χ0n) is 5.39. The minimum Gasteiger partial charge on any atom is -0.481 e. The molecule has 0 aliphatic heterocycles. The predicted molar refractivity (Wildman–Crippen MR) is 33.3 cm³/mol. The Morgan fingerprint density at radius 3 is 1.89 bits per heavy atom. The molecule has 0 heterocycles. The summed E-state index contributed by atoms with van der Waals surface area (Å²) in [5.41, 5.74) is 0. The largest absolute Gasteiger partial charge is 0.481 e. The summed E-state index contributed by atoms with van der Waals surface area (Å²) in [6, 6.07) is 0. The van der Waals surface area contributed by atoms with Gasteiger partial charge in [0.25, 0.3) is 0 Å². The fourth-order valence-corrected chi connectivity index (χ4v) is 0.283. The third-order valence-corrected chi connectivity index (χ3v) is 0.691. The number of hydrogen-bond acceptors (Lipinski definition) is 2. The average molecular weight is 156 g/mol. The molecule has 0 fully saturated rings. The average Bonchev–Trinajstić information content (AvgIpc) is 1.61. The number of rotatable bonds is 3. The van der Waals surface area contributed by atoms with Crippen LogP contribution in [0.2, 0.25) is 0 Å². The third kappa shape index (κ3) is 11.8. The van der Waals surface area contributed by atoms with Gasteiger partial charge in [-0.15, -0.1) is 0 Å². The Bertz CT molecular complexity index is 96.8. The van der Waals surface area contributed by atoms with Crippen molar-refractivity contribution in [2.45, 2.75) is 19.8 Å². The van der Waals surface area contributed by atoms with E-state index in [4.69, 9.17) is 5.11 Å². The van der Waals surface area contributed by atoms with Crippen molar-refractivity contribution in [1.29, 1.82) is 0 Å². The Labute approximate surface area is 83.4 Å². The number of aliphatic carboxylic acids is 1. The molecule has 0 rings (SSSR count). The van der Waals surface area contributed by atoms with Gasteiger partial charge in [0, 0.05) is 44.2 Å². The molecular weight excluding hydrogens is 148 g/mol. The van der Waals surface area contributed by atoms with E-state index in [1.165, 1.54) is 6.92 Å². The van der Waals surface area contributed by atoms with E-state index in [-0.39, 0.29) is 56.4 Å². The first-order valence-corrected chi connectivity index (χ1v) is 2.34. The Kier molecular flexibility index (Phi) is 8.77. The molecule has 0 bridgehead atoms. The maximum Gasteiger partial charge on any atom is 0.303 e. The molecule has 0 saturated carbocycles. The number of Topliss-reactive ketones (excluding diaryl/α,β-unsaturated/α-hetero) is 1. The van der Waals surface area contributed by atoms with Gasteiger partial charge in [-0.25, -0.2) is 0 Å². The van der Waals surface area contributed by atoms with Crippen molar-refractivity contribution in [3.63, 3.8) is 0 Å². The minimum absolute atomic E-state index is 0. The van der Waals surface area contributed by atoms with E-state index in [0.29, 0.717) is 0 Å². The summed E-state index contributed by atoms with van der Waals surface area (Å²) in [4.78, 5) is 19.8. The summed E-state index contributed by atoms with van der Waals surface area (Å²) in [5, 5.41) is 8.01. The van der Waals surface area contributed by atoms with E-state index >= 15 is 0 Å². The van der Waals surface area contributed by atoms with Crippen LogP contribution >= 0.6 is 0 Å². The number of carbonyl (C=O) groups excluding carboxylic acids is 1. The molecule has 0 spiro atoms. The molecule has 0 aliphatic carbocycles. The zero-order chi connectivity index (χ0) is 6.57. The molecule has 1 N–H and O–H groups in total. The van der Waals surface area contributed by atoms with Crippen LogP contribution in [0, 0.1) is 0 Å². The fraction of sp³-hybridized carbons (Fsp3) is 0.600. The maximum absolute atomic E-state index is 10.1. The van der Waals surface area contributed by atoms with Crippen molar-refractivity contribution in [1.82, 2.24) is 0 Å². The van der Waals surface area contributed by atoms with Crippen LogP contribution in [0.1, 0.15) is 19.8 Å². The first kappa shape index (κ1) is 12.1. The molecule has 4 heteroatoms. The van der Waals surface area contributed by atoms with E-state index in [1.807, 2.05) is 0 Å². The second kappa shape index (κ2) is 6.52. The summed E-state index contributed by atoms with van der Waals surface area (Å²) < 4.78 is 0. The Hall–Kier alpha value is 0.400. The SMILES string of the molecule is CC(=O)CCC(=O)O.[Ca]. The molecule has 2 radical (unpaired) electrons. The van der Waals surface area contributed by atoms with Gasteiger partial charge in [0.2, 0.25) is 0 Å². The molecular formula is C5H8CaO3. The summed E-state index contributed by atoms with van der Waals surface area (Å²) in [7, 11) is 0. The second-order valence-electron chi connectivity index (χ2n) is 1.60. The van der Waals surface area contributed by atoms with Gasteiger partial charge < -0.3 is 9.90 Å². The van der Waals surface area contributed by atoms with Crippen LogP contribution in [0.5, 0.6) is 0 Å². The molecule has 9 heavy (non-hydrogen) atoms. The van der Waals surface area contributed by atoms with Gasteiger partial charge in [0.05, 0.1) is 6.42 Å². The van der Waals surface area contributed by atoms with Gasteiger partial charge in [0.1, 0.15) is 5.78 Å². The van der Waals surface area contributed by atoms with Gasteiger partial charge in [-0.3, -0.25) is 4.79 Å². The monoisotopic (exact) mass is 156 g/mol. The Morgan fingerprint density at radius 2 is 1.78 bits per heavy atom. The van der Waals surface area contributed by atoms with Gasteiger partial charge in [0.15, 0.2) is 0 Å². The van der Waals surface area contributed by atoms with Crippen LogP contribution in [-0.4, -0.2) is 54.6 Å². The van der Waals surface area contributed by atoms with Gasteiger partial charge in [-0.1, -0.05) is 0 Å². The van der Waals surface area contributed by atoms with Crippen molar-refractivity contribution in [3.05, 3.63) is 0 Å². The van der Waals surface area contributed by atoms with E-state index in [1.54, 1.807) is 0 Å². The molecule has 0 amide bonds. The van der Waals surface area contributed by atoms with Crippen molar-refractivity contribution in [2.24, 2.45) is 0 Å². The van der Waals surface area contributed by atoms with E-state index in [2.05, 4.69) is 0 Å². The normalized spacial score (nSPS) is 7.67. The first-order valence-electron chi connectivity index (χ1n) is 2.34. The second-order valence-corrected chi connectivity index (χ2v) is 1.60. The summed E-state index contributed by atoms with van der Waals surface area (Å²) in [6.45, 7) is 1.38. The summed E-state index contributed by atoms with van der Waals surface area (Å²) >= 11 is 0. The topological polar surface area (TPSA) is 54.4 Å². The summed E-state index contributed by atoms with van der Waals surface area (Å²) in [6.07, 6.45) is 0.102. The molecule has 0 aliphatic rings.